The van der Waals surface area contributed by atoms with Crippen molar-refractivity contribution < 1.29 is 26.7 Å². The van der Waals surface area contributed by atoms with Crippen molar-refractivity contribution in [1.82, 2.24) is 4.98 Å². The minimum atomic E-state index is -5.07. The average Bonchev–Trinajstić information content (AvgIpc) is 2.29. The normalized spacial score (nSPS) is 11.5. The molecule has 19 heavy (non-hydrogen) atoms. The number of aromatic nitrogens is 1. The Balaban J connectivity index is 3.44. The van der Waals surface area contributed by atoms with E-state index in [0.717, 1.165) is 6.20 Å². The van der Waals surface area contributed by atoms with Crippen molar-refractivity contribution in [3.05, 3.63) is 23.0 Å². The van der Waals surface area contributed by atoms with Crippen LogP contribution in [0.5, 0.6) is 5.75 Å². The predicted octanol–water partition coefficient (Wildman–Crippen LogP) is 2.44. The molecule has 0 aliphatic heterocycles. The van der Waals surface area contributed by atoms with E-state index in [0.29, 0.717) is 0 Å². The van der Waals surface area contributed by atoms with Gasteiger partial charge in [0.2, 0.25) is 0 Å². The summed E-state index contributed by atoms with van der Waals surface area (Å²) in [6.45, 7) is -0.389. The van der Waals surface area contributed by atoms with Crippen LogP contribution in [0.4, 0.5) is 22.0 Å². The van der Waals surface area contributed by atoms with Crippen LogP contribution in [-0.4, -0.2) is 11.3 Å². The summed E-state index contributed by atoms with van der Waals surface area (Å²) >= 11 is 0. The Morgan fingerprint density at radius 1 is 1.42 bits per heavy atom. The van der Waals surface area contributed by atoms with Gasteiger partial charge in [-0.2, -0.15) is 5.26 Å². The van der Waals surface area contributed by atoms with Gasteiger partial charge in [-0.05, 0) is 0 Å². The molecule has 9 heteroatoms. The summed E-state index contributed by atoms with van der Waals surface area (Å²) in [4.78, 5) is 3.33. The second-order valence-corrected chi connectivity index (χ2v) is 3.36. The number of nitrogens with two attached hydrogens (primary N) is 1. The van der Waals surface area contributed by atoms with Crippen molar-refractivity contribution in [2.75, 3.05) is 0 Å². The van der Waals surface area contributed by atoms with Crippen molar-refractivity contribution in [2.45, 2.75) is 25.8 Å². The molecule has 1 heterocycles. The maximum absolute atomic E-state index is 12.7. The lowest BCUT2D eigenvalue weighted by atomic mass is 10.1. The summed E-state index contributed by atoms with van der Waals surface area (Å²) in [6.07, 6.45) is -8.10. The van der Waals surface area contributed by atoms with Crippen molar-refractivity contribution in [3.8, 4) is 11.8 Å². The molecule has 1 rings (SSSR count). The highest BCUT2D eigenvalue weighted by molar-refractivity contribution is 5.44. The molecule has 0 aromatic carbocycles. The lowest BCUT2D eigenvalue weighted by Gasteiger charge is -2.17. The van der Waals surface area contributed by atoms with Crippen LogP contribution >= 0.6 is 0 Å². The summed E-state index contributed by atoms with van der Waals surface area (Å²) in [6, 6.07) is 1.50. The zero-order valence-electron chi connectivity index (χ0n) is 9.34. The van der Waals surface area contributed by atoms with Crippen molar-refractivity contribution in [2.24, 2.45) is 5.73 Å². The standard InChI is InChI=1S/C10H8F5N3O/c11-9(12)7-6(1-2-16)8(19-10(13,14)15)5(3-17)4-18-7/h4,9H,1,3,17H2. The van der Waals surface area contributed by atoms with E-state index < -0.39 is 36.2 Å². The molecular weight excluding hydrogens is 273 g/mol. The van der Waals surface area contributed by atoms with E-state index in [1.165, 1.54) is 6.07 Å². The van der Waals surface area contributed by atoms with Gasteiger partial charge in [-0.1, -0.05) is 0 Å². The van der Waals surface area contributed by atoms with Gasteiger partial charge in [0, 0.05) is 23.9 Å². The molecule has 0 saturated heterocycles. The van der Waals surface area contributed by atoms with E-state index in [2.05, 4.69) is 9.72 Å². The molecule has 1 aromatic heterocycles. The fourth-order valence-corrected chi connectivity index (χ4v) is 1.42. The molecule has 0 aliphatic rings. The molecule has 0 fully saturated rings. The number of rotatable bonds is 4. The Morgan fingerprint density at radius 2 is 2.05 bits per heavy atom. The van der Waals surface area contributed by atoms with E-state index in [9.17, 15) is 22.0 Å². The van der Waals surface area contributed by atoms with Crippen LogP contribution < -0.4 is 10.5 Å². The lowest BCUT2D eigenvalue weighted by Crippen LogP contribution is -2.21. The summed E-state index contributed by atoms with van der Waals surface area (Å²) in [7, 11) is 0. The molecule has 4 nitrogen and oxygen atoms in total. The zero-order chi connectivity index (χ0) is 14.6. The van der Waals surface area contributed by atoms with Crippen molar-refractivity contribution in [1.29, 1.82) is 5.26 Å². The molecule has 0 spiro atoms. The molecular formula is C10H8F5N3O. The van der Waals surface area contributed by atoms with E-state index in [1.54, 1.807) is 0 Å². The monoisotopic (exact) mass is 281 g/mol. The van der Waals surface area contributed by atoms with Crippen molar-refractivity contribution >= 4 is 0 Å². The molecule has 0 radical (unpaired) electrons. The molecule has 0 bridgehead atoms. The second-order valence-electron chi connectivity index (χ2n) is 3.36. The van der Waals surface area contributed by atoms with Gasteiger partial charge in [0.05, 0.1) is 12.5 Å². The highest BCUT2D eigenvalue weighted by atomic mass is 19.4. The highest BCUT2D eigenvalue weighted by Crippen LogP contribution is 2.34. The molecule has 0 atom stereocenters. The largest absolute Gasteiger partial charge is 0.573 e. The summed E-state index contributed by atoms with van der Waals surface area (Å²) in [5.41, 5.74) is 3.48. The maximum atomic E-state index is 12.7. The third kappa shape index (κ3) is 3.75. The summed E-state index contributed by atoms with van der Waals surface area (Å²) in [5, 5.41) is 8.52. The van der Waals surface area contributed by atoms with Gasteiger partial charge in [-0.25, -0.2) is 8.78 Å². The number of ether oxygens (including phenoxy) is 1. The van der Waals surface area contributed by atoms with Crippen molar-refractivity contribution in [3.63, 3.8) is 0 Å². The SMILES string of the molecule is N#CCc1c(C(F)F)ncc(CN)c1OC(F)(F)F. The first-order valence-electron chi connectivity index (χ1n) is 4.91. The lowest BCUT2D eigenvalue weighted by molar-refractivity contribution is -0.275. The van der Waals surface area contributed by atoms with Crippen LogP contribution in [0, 0.1) is 11.3 Å². The van der Waals surface area contributed by atoms with Crippen LogP contribution in [0.3, 0.4) is 0 Å². The Morgan fingerprint density at radius 3 is 2.47 bits per heavy atom. The van der Waals surface area contributed by atoms with Gasteiger partial charge in [-0.3, -0.25) is 4.98 Å². The summed E-state index contributed by atoms with van der Waals surface area (Å²) < 4.78 is 65.8. The summed E-state index contributed by atoms with van der Waals surface area (Å²) in [5.74, 6) is -0.873. The zero-order valence-corrected chi connectivity index (χ0v) is 9.34. The molecule has 1 aromatic rings. The number of alkyl halides is 5. The van der Waals surface area contributed by atoms with Gasteiger partial charge in [0.1, 0.15) is 11.4 Å². The number of hydrogen-bond donors (Lipinski definition) is 1. The first-order chi connectivity index (χ1) is 8.80. The molecule has 0 unspecified atom stereocenters. The number of nitrogens with zero attached hydrogens (tertiary/aromatic N) is 2. The van der Waals surface area contributed by atoms with E-state index >= 15 is 0 Å². The Kier molecular flexibility index (Phi) is 4.61. The van der Waals surface area contributed by atoms with E-state index in [1.807, 2.05) is 0 Å². The Hall–Kier alpha value is -1.95. The van der Waals surface area contributed by atoms with Gasteiger partial charge in [-0.15, -0.1) is 13.2 Å². The number of pyridine rings is 1. The molecule has 0 aliphatic carbocycles. The van der Waals surface area contributed by atoms with Crippen LogP contribution in [0.15, 0.2) is 6.20 Å². The number of nitriles is 1. The highest BCUT2D eigenvalue weighted by Gasteiger charge is 2.34. The predicted molar refractivity (Wildman–Crippen MR) is 53.1 cm³/mol. The van der Waals surface area contributed by atoms with E-state index in [-0.39, 0.29) is 12.1 Å². The smallest absolute Gasteiger partial charge is 0.405 e. The van der Waals surface area contributed by atoms with E-state index in [4.69, 9.17) is 11.0 Å². The minimum absolute atomic E-state index is 0.202. The number of halogens is 5. The van der Waals surface area contributed by atoms with Gasteiger partial charge in [0.15, 0.2) is 0 Å². The third-order valence-electron chi connectivity index (χ3n) is 2.13. The second kappa shape index (κ2) is 5.79. The molecule has 0 amide bonds. The van der Waals surface area contributed by atoms with Crippen LogP contribution in [0.25, 0.3) is 0 Å². The third-order valence-corrected chi connectivity index (χ3v) is 2.13. The molecule has 2 N–H and O–H groups in total. The van der Waals surface area contributed by atoms with Gasteiger partial charge in [0.25, 0.3) is 6.43 Å². The van der Waals surface area contributed by atoms with Crippen LogP contribution in [0.1, 0.15) is 23.2 Å². The Labute approximate surface area is 104 Å². The number of hydrogen-bond acceptors (Lipinski definition) is 4. The average molecular weight is 281 g/mol. The first kappa shape index (κ1) is 15.1. The fourth-order valence-electron chi connectivity index (χ4n) is 1.42. The first-order valence-corrected chi connectivity index (χ1v) is 4.91. The van der Waals surface area contributed by atoms with Crippen LogP contribution in [0.2, 0.25) is 0 Å². The van der Waals surface area contributed by atoms with Crippen LogP contribution in [-0.2, 0) is 13.0 Å². The molecule has 0 saturated carbocycles. The minimum Gasteiger partial charge on any atom is -0.405 e. The topological polar surface area (TPSA) is 71.9 Å². The fraction of sp³-hybridized carbons (Fsp3) is 0.400. The molecule has 104 valence electrons. The Bertz CT molecular complexity index is 495. The quantitative estimate of drug-likeness (QED) is 0.860. The van der Waals surface area contributed by atoms with Gasteiger partial charge < -0.3 is 10.5 Å². The maximum Gasteiger partial charge on any atom is 0.573 e. The van der Waals surface area contributed by atoms with Gasteiger partial charge >= 0.3 is 6.36 Å².